The Morgan fingerprint density at radius 3 is 2.62 bits per heavy atom. The normalized spacial score (nSPS) is 12.4. The number of hydrogen-bond donors (Lipinski definition) is 0. The molecule has 0 aliphatic heterocycles. The Kier molecular flexibility index (Phi) is 5.73. The van der Waals surface area contributed by atoms with Crippen LogP contribution in [0.5, 0.6) is 5.75 Å². The molecule has 0 amide bonds. The molecule has 0 fully saturated rings. The summed E-state index contributed by atoms with van der Waals surface area (Å²) in [4.78, 5) is 12.6. The minimum Gasteiger partial charge on any atom is -0.497 e. The molecule has 0 bridgehead atoms. The summed E-state index contributed by atoms with van der Waals surface area (Å²) in [7, 11) is 1.65. The van der Waals surface area contributed by atoms with Crippen molar-refractivity contribution in [1.82, 2.24) is 19.3 Å². The van der Waals surface area contributed by atoms with Crippen molar-refractivity contribution in [3.8, 4) is 11.4 Å². The summed E-state index contributed by atoms with van der Waals surface area (Å²) >= 11 is 2.94. The van der Waals surface area contributed by atoms with Crippen LogP contribution in [0.4, 0.5) is 0 Å². The second-order valence-electron chi connectivity index (χ2n) is 6.69. The number of fused-ring (bicyclic) bond motifs is 1. The first-order chi connectivity index (χ1) is 14.1. The lowest BCUT2D eigenvalue weighted by Crippen LogP contribution is -2.17. The lowest BCUT2D eigenvalue weighted by molar-refractivity contribution is 0.414. The molecule has 0 aliphatic carbocycles. The van der Waals surface area contributed by atoms with Crippen molar-refractivity contribution in [3.05, 3.63) is 64.0 Å². The van der Waals surface area contributed by atoms with Gasteiger partial charge in [-0.2, -0.15) is 0 Å². The van der Waals surface area contributed by atoms with E-state index < -0.39 is 0 Å². The van der Waals surface area contributed by atoms with E-state index in [0.717, 1.165) is 39.1 Å². The van der Waals surface area contributed by atoms with Crippen molar-refractivity contribution in [3.63, 3.8) is 0 Å². The number of nitrogens with zero attached hydrogens (tertiary/aromatic N) is 4. The average molecular weight is 427 g/mol. The summed E-state index contributed by atoms with van der Waals surface area (Å²) < 4.78 is 10.1. The molecule has 2 heterocycles. The quantitative estimate of drug-likeness (QED) is 0.405. The van der Waals surface area contributed by atoms with Crippen molar-refractivity contribution in [2.45, 2.75) is 37.2 Å². The molecule has 8 heteroatoms. The third-order valence-electron chi connectivity index (χ3n) is 4.79. The fraction of sp³-hybridized carbons (Fsp3) is 0.286. The van der Waals surface area contributed by atoms with Gasteiger partial charge in [-0.3, -0.25) is 13.9 Å². The smallest absolute Gasteiger partial charge is 0.308 e. The van der Waals surface area contributed by atoms with Crippen molar-refractivity contribution in [1.29, 1.82) is 0 Å². The Morgan fingerprint density at radius 2 is 1.90 bits per heavy atom. The molecule has 0 spiro atoms. The van der Waals surface area contributed by atoms with Crippen molar-refractivity contribution in [2.75, 3.05) is 7.11 Å². The monoisotopic (exact) mass is 426 g/mol. The summed E-state index contributed by atoms with van der Waals surface area (Å²) in [5, 5.41) is 10.1. The highest BCUT2D eigenvalue weighted by Gasteiger charge is 2.19. The topological polar surface area (TPSA) is 61.9 Å². The predicted molar refractivity (Wildman–Crippen MR) is 119 cm³/mol. The van der Waals surface area contributed by atoms with E-state index in [0.29, 0.717) is 11.8 Å². The van der Waals surface area contributed by atoms with Gasteiger partial charge in [0.1, 0.15) is 5.75 Å². The Labute approximate surface area is 177 Å². The fourth-order valence-electron chi connectivity index (χ4n) is 3.04. The Balaban J connectivity index is 1.80. The summed E-state index contributed by atoms with van der Waals surface area (Å²) in [6.07, 6.45) is 1.03. The lowest BCUT2D eigenvalue weighted by Gasteiger charge is -2.13. The highest BCUT2D eigenvalue weighted by Crippen LogP contribution is 2.28. The number of rotatable bonds is 7. The second kappa shape index (κ2) is 8.42. The Morgan fingerprint density at radius 1 is 1.14 bits per heavy atom. The van der Waals surface area contributed by atoms with Gasteiger partial charge in [-0.25, -0.2) is 0 Å². The van der Waals surface area contributed by atoms with Crippen LogP contribution < -0.4 is 9.61 Å². The zero-order valence-electron chi connectivity index (χ0n) is 16.5. The van der Waals surface area contributed by atoms with Gasteiger partial charge in [0.05, 0.1) is 23.9 Å². The van der Waals surface area contributed by atoms with Gasteiger partial charge >= 0.3 is 4.87 Å². The van der Waals surface area contributed by atoms with Crippen LogP contribution in [-0.2, 0) is 6.54 Å². The Hall–Kier alpha value is -2.58. The third kappa shape index (κ3) is 3.95. The molecule has 0 saturated carbocycles. The molecule has 0 radical (unpaired) electrons. The summed E-state index contributed by atoms with van der Waals surface area (Å²) in [5.41, 5.74) is 1.87. The number of thioether (sulfide) groups is 1. The van der Waals surface area contributed by atoms with Gasteiger partial charge in [-0.05, 0) is 42.8 Å². The van der Waals surface area contributed by atoms with E-state index in [1.807, 2.05) is 53.1 Å². The van der Waals surface area contributed by atoms with Gasteiger partial charge in [0.15, 0.2) is 11.0 Å². The van der Waals surface area contributed by atoms with E-state index in [4.69, 9.17) is 4.74 Å². The summed E-state index contributed by atoms with van der Waals surface area (Å²) in [5.74, 6) is 1.52. The molecule has 4 aromatic rings. The van der Waals surface area contributed by atoms with Crippen LogP contribution in [0.25, 0.3) is 15.9 Å². The van der Waals surface area contributed by atoms with Gasteiger partial charge < -0.3 is 4.74 Å². The van der Waals surface area contributed by atoms with E-state index in [2.05, 4.69) is 24.0 Å². The molecule has 29 heavy (non-hydrogen) atoms. The summed E-state index contributed by atoms with van der Waals surface area (Å²) in [6.45, 7) is 4.70. The van der Waals surface area contributed by atoms with Crippen LogP contribution in [0.1, 0.15) is 26.1 Å². The number of benzene rings is 2. The number of para-hydroxylation sites is 1. The Bertz CT molecular complexity index is 1180. The van der Waals surface area contributed by atoms with Gasteiger partial charge in [-0.15, -0.1) is 10.2 Å². The minimum atomic E-state index is 0.00612. The molecule has 0 unspecified atom stereocenters. The maximum absolute atomic E-state index is 12.6. The van der Waals surface area contributed by atoms with Gasteiger partial charge in [0.2, 0.25) is 0 Å². The van der Waals surface area contributed by atoms with Crippen LogP contribution >= 0.6 is 23.1 Å². The van der Waals surface area contributed by atoms with Gasteiger partial charge in [0, 0.05) is 10.9 Å². The molecular weight excluding hydrogens is 404 g/mol. The molecular formula is C21H22N4O2S2. The van der Waals surface area contributed by atoms with Crippen molar-refractivity contribution >= 4 is 33.3 Å². The maximum atomic E-state index is 12.6. The number of methoxy groups -OCH3 is 1. The first kappa shape index (κ1) is 19.7. The van der Waals surface area contributed by atoms with E-state index in [-0.39, 0.29) is 4.87 Å². The van der Waals surface area contributed by atoms with Gasteiger partial charge in [-0.1, -0.05) is 49.1 Å². The molecule has 0 N–H and O–H groups in total. The van der Waals surface area contributed by atoms with Crippen LogP contribution in [0.2, 0.25) is 0 Å². The molecule has 2 aromatic carbocycles. The number of ether oxygens (including phenoxy) is 1. The molecule has 0 saturated heterocycles. The largest absolute Gasteiger partial charge is 0.497 e. The fourth-order valence-corrected chi connectivity index (χ4v) is 4.86. The van der Waals surface area contributed by atoms with Crippen LogP contribution in [0.3, 0.4) is 0 Å². The zero-order valence-corrected chi connectivity index (χ0v) is 18.2. The average Bonchev–Trinajstić information content (AvgIpc) is 3.28. The van der Waals surface area contributed by atoms with Crippen LogP contribution in [-0.4, -0.2) is 31.7 Å². The van der Waals surface area contributed by atoms with E-state index in [9.17, 15) is 4.79 Å². The highest BCUT2D eigenvalue weighted by molar-refractivity contribution is 7.99. The van der Waals surface area contributed by atoms with Crippen molar-refractivity contribution < 1.29 is 4.74 Å². The van der Waals surface area contributed by atoms with E-state index >= 15 is 0 Å². The lowest BCUT2D eigenvalue weighted by atomic mass is 10.3. The first-order valence-electron chi connectivity index (χ1n) is 9.44. The molecule has 1 atom stereocenters. The number of hydrogen-bond acceptors (Lipinski definition) is 6. The molecule has 0 aliphatic rings. The number of aromatic nitrogens is 4. The molecule has 6 nitrogen and oxygen atoms in total. The first-order valence-corrected chi connectivity index (χ1v) is 11.1. The standard InChI is InChI=1S/C21H22N4O2S2/c1-4-14(2)28-20-23-22-19(25(20)15-9-11-16(27-3)12-10-15)13-24-17-7-5-6-8-18(17)29-21(24)26/h5-12,14H,4,13H2,1-3H3/t14-/m0/s1. The summed E-state index contributed by atoms with van der Waals surface area (Å²) in [6, 6.07) is 15.6. The molecule has 2 aromatic heterocycles. The minimum absolute atomic E-state index is 0.00612. The highest BCUT2D eigenvalue weighted by atomic mass is 32.2. The van der Waals surface area contributed by atoms with E-state index in [1.165, 1.54) is 11.3 Å². The second-order valence-corrected chi connectivity index (χ2v) is 9.09. The van der Waals surface area contributed by atoms with Crippen LogP contribution in [0.15, 0.2) is 58.5 Å². The van der Waals surface area contributed by atoms with Gasteiger partial charge in [0.25, 0.3) is 0 Å². The SMILES string of the molecule is CC[C@H](C)Sc1nnc(Cn2c(=O)sc3ccccc32)n1-c1ccc(OC)cc1. The predicted octanol–water partition coefficient (Wildman–Crippen LogP) is 4.59. The maximum Gasteiger partial charge on any atom is 0.308 e. The molecule has 150 valence electrons. The third-order valence-corrected chi connectivity index (χ3v) is 6.96. The van der Waals surface area contributed by atoms with Crippen molar-refractivity contribution in [2.24, 2.45) is 0 Å². The number of thiazole rings is 1. The molecule has 4 rings (SSSR count). The van der Waals surface area contributed by atoms with E-state index in [1.54, 1.807) is 23.4 Å². The van der Waals surface area contributed by atoms with Crippen LogP contribution in [0, 0.1) is 0 Å². The zero-order chi connectivity index (χ0) is 20.4.